The largest absolute Gasteiger partial charge is 0.391 e. The second-order valence-corrected chi connectivity index (χ2v) is 9.36. The van der Waals surface area contributed by atoms with E-state index in [2.05, 4.69) is 31.2 Å². The number of thiophene rings is 4. The highest BCUT2D eigenvalue weighted by Gasteiger charge is 2.15. The van der Waals surface area contributed by atoms with Crippen LogP contribution in [-0.4, -0.2) is 0 Å². The van der Waals surface area contributed by atoms with E-state index in [1.165, 1.54) is 43.8 Å². The summed E-state index contributed by atoms with van der Waals surface area (Å²) >= 11 is 7.42. The van der Waals surface area contributed by atoms with Gasteiger partial charge in [0.2, 0.25) is 0 Å². The number of nitrogens with two attached hydrogens (primary N) is 1. The molecule has 5 rings (SSSR count). The van der Waals surface area contributed by atoms with Gasteiger partial charge in [-0.3, -0.25) is 0 Å². The molecule has 0 aliphatic carbocycles. The van der Waals surface area contributed by atoms with Crippen LogP contribution < -0.4 is 5.73 Å². The maximum Gasteiger partial charge on any atom is 0.0877 e. The molecule has 4 heterocycles. The highest BCUT2D eigenvalue weighted by Crippen LogP contribution is 2.48. The Balaban J connectivity index is 2.03. The fourth-order valence-electron chi connectivity index (χ4n) is 2.75. The third-order valence-corrected chi connectivity index (χ3v) is 8.37. The van der Waals surface area contributed by atoms with Crippen LogP contribution in [0.3, 0.4) is 0 Å². The second kappa shape index (κ2) is 3.74. The third-order valence-electron chi connectivity index (χ3n) is 3.56. The summed E-state index contributed by atoms with van der Waals surface area (Å²) in [6.07, 6.45) is 0. The van der Waals surface area contributed by atoms with Gasteiger partial charge in [-0.25, -0.2) is 0 Å². The van der Waals surface area contributed by atoms with Gasteiger partial charge in [-0.1, -0.05) is 12.1 Å². The molecular formula is C15H9NS4. The molecule has 0 aliphatic heterocycles. The van der Waals surface area contributed by atoms with E-state index in [-0.39, 0.29) is 0 Å². The normalized spacial score (nSPS) is 12.4. The topological polar surface area (TPSA) is 26.0 Å². The van der Waals surface area contributed by atoms with E-state index in [9.17, 15) is 0 Å². The lowest BCUT2D eigenvalue weighted by atomic mass is 10.2. The van der Waals surface area contributed by atoms with Gasteiger partial charge in [-0.2, -0.15) is 0 Å². The quantitative estimate of drug-likeness (QED) is 0.347. The maximum atomic E-state index is 5.93. The fraction of sp³-hybridized carbons (Fsp3) is 0.0667. The molecule has 5 heteroatoms. The van der Waals surface area contributed by atoms with Crippen molar-refractivity contribution >= 4 is 89.3 Å². The summed E-state index contributed by atoms with van der Waals surface area (Å²) in [5.41, 5.74) is 5.93. The van der Waals surface area contributed by atoms with Crippen molar-refractivity contribution in [2.24, 2.45) is 0 Å². The minimum atomic E-state index is 0.913. The standard InChI is InChI=1S/C15H9NS4/c1-6-4-9-12(17-6)7-2-3-8-13-10(5-11(16)20-13)19-15(8)14(7)18-9/h2-5H,16H2,1H3. The van der Waals surface area contributed by atoms with E-state index in [1.807, 2.05) is 34.0 Å². The number of fused-ring (bicyclic) bond motifs is 7. The summed E-state index contributed by atoms with van der Waals surface area (Å²) in [7, 11) is 0. The molecule has 1 aromatic carbocycles. The molecule has 0 saturated carbocycles. The molecule has 20 heavy (non-hydrogen) atoms. The van der Waals surface area contributed by atoms with E-state index in [4.69, 9.17) is 5.73 Å². The first-order valence-electron chi connectivity index (χ1n) is 6.24. The molecule has 0 fully saturated rings. The van der Waals surface area contributed by atoms with Crippen LogP contribution >= 0.6 is 45.3 Å². The lowest BCUT2D eigenvalue weighted by Gasteiger charge is -1.93. The summed E-state index contributed by atoms with van der Waals surface area (Å²) in [4.78, 5) is 1.40. The van der Waals surface area contributed by atoms with Crippen molar-refractivity contribution in [3.05, 3.63) is 29.1 Å². The first-order valence-corrected chi connectivity index (χ1v) is 9.50. The summed E-state index contributed by atoms with van der Waals surface area (Å²) in [6.45, 7) is 2.19. The minimum absolute atomic E-state index is 0.913. The van der Waals surface area contributed by atoms with Crippen LogP contribution in [0.15, 0.2) is 24.3 Å². The van der Waals surface area contributed by atoms with Crippen LogP contribution in [0.5, 0.6) is 0 Å². The minimum Gasteiger partial charge on any atom is -0.391 e. The van der Waals surface area contributed by atoms with Crippen molar-refractivity contribution in [1.82, 2.24) is 0 Å². The monoisotopic (exact) mass is 331 g/mol. The van der Waals surface area contributed by atoms with E-state index in [0.717, 1.165) is 5.00 Å². The third kappa shape index (κ3) is 1.36. The lowest BCUT2D eigenvalue weighted by Crippen LogP contribution is -1.73. The fourth-order valence-corrected chi connectivity index (χ4v) is 7.80. The molecule has 98 valence electrons. The van der Waals surface area contributed by atoms with Crippen LogP contribution in [0.25, 0.3) is 39.0 Å². The zero-order valence-electron chi connectivity index (χ0n) is 10.5. The average Bonchev–Trinajstić information content (AvgIpc) is 3.07. The molecule has 4 aromatic heterocycles. The number of rotatable bonds is 0. The van der Waals surface area contributed by atoms with Gasteiger partial charge in [0.05, 0.1) is 23.8 Å². The number of anilines is 1. The van der Waals surface area contributed by atoms with E-state index in [1.54, 1.807) is 11.3 Å². The van der Waals surface area contributed by atoms with Gasteiger partial charge in [0.1, 0.15) is 0 Å². The molecular weight excluding hydrogens is 322 g/mol. The Labute approximate surface area is 130 Å². The van der Waals surface area contributed by atoms with Gasteiger partial charge < -0.3 is 5.73 Å². The Morgan fingerprint density at radius 3 is 2.05 bits per heavy atom. The Morgan fingerprint density at radius 2 is 1.35 bits per heavy atom. The van der Waals surface area contributed by atoms with Gasteiger partial charge >= 0.3 is 0 Å². The number of benzene rings is 1. The Hall–Kier alpha value is -1.14. The molecule has 0 spiro atoms. The summed E-state index contributed by atoms with van der Waals surface area (Å²) in [5.74, 6) is 0. The number of hydrogen-bond acceptors (Lipinski definition) is 5. The molecule has 0 atom stereocenters. The van der Waals surface area contributed by atoms with Crippen LogP contribution in [0.4, 0.5) is 5.00 Å². The summed E-state index contributed by atoms with van der Waals surface area (Å²) < 4.78 is 8.40. The van der Waals surface area contributed by atoms with Crippen molar-refractivity contribution in [3.63, 3.8) is 0 Å². The van der Waals surface area contributed by atoms with Gasteiger partial charge in [-0.15, -0.1) is 45.3 Å². The predicted molar refractivity (Wildman–Crippen MR) is 97.1 cm³/mol. The summed E-state index contributed by atoms with van der Waals surface area (Å²) in [5, 5.41) is 3.69. The predicted octanol–water partition coefficient (Wildman–Crippen LogP) is 6.44. The number of aryl methyl sites for hydroxylation is 1. The smallest absolute Gasteiger partial charge is 0.0877 e. The first-order chi connectivity index (χ1) is 9.70. The molecule has 1 nitrogen and oxygen atoms in total. The van der Waals surface area contributed by atoms with Crippen molar-refractivity contribution in [1.29, 1.82) is 0 Å². The zero-order chi connectivity index (χ0) is 13.4. The highest BCUT2D eigenvalue weighted by molar-refractivity contribution is 7.39. The van der Waals surface area contributed by atoms with Gasteiger partial charge in [0.15, 0.2) is 0 Å². The Bertz CT molecular complexity index is 1030. The average molecular weight is 332 g/mol. The van der Waals surface area contributed by atoms with Crippen LogP contribution in [0.1, 0.15) is 4.88 Å². The van der Waals surface area contributed by atoms with Gasteiger partial charge in [-0.05, 0) is 19.1 Å². The second-order valence-electron chi connectivity index (χ2n) is 4.92. The summed E-state index contributed by atoms with van der Waals surface area (Å²) in [6, 6.07) is 8.98. The molecule has 0 radical (unpaired) electrons. The Kier molecular flexibility index (Phi) is 2.15. The zero-order valence-corrected chi connectivity index (χ0v) is 13.8. The molecule has 0 unspecified atom stereocenters. The van der Waals surface area contributed by atoms with Crippen molar-refractivity contribution in [3.8, 4) is 0 Å². The van der Waals surface area contributed by atoms with Crippen LogP contribution in [0, 0.1) is 6.92 Å². The lowest BCUT2D eigenvalue weighted by molar-refractivity contribution is 1.66. The SMILES string of the molecule is Cc1cc2sc3c(ccc4c5sc(N)cc5sc43)c2s1. The molecule has 0 saturated heterocycles. The van der Waals surface area contributed by atoms with Gasteiger partial charge in [0, 0.05) is 25.0 Å². The molecule has 2 N–H and O–H groups in total. The molecule has 5 aromatic rings. The van der Waals surface area contributed by atoms with Crippen molar-refractivity contribution in [2.45, 2.75) is 6.92 Å². The first kappa shape index (κ1) is 11.5. The number of hydrogen-bond donors (Lipinski definition) is 1. The highest BCUT2D eigenvalue weighted by atomic mass is 32.1. The van der Waals surface area contributed by atoms with Gasteiger partial charge in [0.25, 0.3) is 0 Å². The molecule has 0 bridgehead atoms. The van der Waals surface area contributed by atoms with Crippen LogP contribution in [-0.2, 0) is 0 Å². The molecule has 0 amide bonds. The van der Waals surface area contributed by atoms with Crippen molar-refractivity contribution < 1.29 is 0 Å². The number of nitrogen functional groups attached to an aromatic ring is 1. The van der Waals surface area contributed by atoms with Crippen LogP contribution in [0.2, 0.25) is 0 Å². The molecule has 0 aliphatic rings. The maximum absolute atomic E-state index is 5.93. The van der Waals surface area contributed by atoms with E-state index in [0.29, 0.717) is 0 Å². The van der Waals surface area contributed by atoms with Crippen molar-refractivity contribution in [2.75, 3.05) is 5.73 Å². The Morgan fingerprint density at radius 1 is 0.750 bits per heavy atom. The van der Waals surface area contributed by atoms with E-state index >= 15 is 0 Å². The van der Waals surface area contributed by atoms with E-state index < -0.39 is 0 Å².